The van der Waals surface area contributed by atoms with E-state index < -0.39 is 10.0 Å². The number of thiophene rings is 1. The van der Waals surface area contributed by atoms with Gasteiger partial charge in [0, 0.05) is 18.8 Å². The fourth-order valence-corrected chi connectivity index (χ4v) is 5.79. The highest BCUT2D eigenvalue weighted by Gasteiger charge is 2.24. The predicted molar refractivity (Wildman–Crippen MR) is 120 cm³/mol. The second-order valence-electron chi connectivity index (χ2n) is 6.35. The minimum Gasteiger partial charge on any atom is -0.325 e. The Balaban J connectivity index is 1.66. The number of aromatic amines is 1. The first kappa shape index (κ1) is 22.5. The zero-order chi connectivity index (χ0) is 21.7. The molecule has 0 fully saturated rings. The molecule has 0 atom stereocenters. The summed E-state index contributed by atoms with van der Waals surface area (Å²) >= 11 is 2.75. The number of aryl methyl sites for hydroxylation is 1. The van der Waals surface area contributed by atoms with Crippen LogP contribution >= 0.6 is 23.1 Å². The molecule has 0 unspecified atom stereocenters. The smallest absolute Gasteiger partial charge is 0.243 e. The molecule has 0 bridgehead atoms. The second-order valence-corrected chi connectivity index (χ2v) is 10.1. The van der Waals surface area contributed by atoms with Gasteiger partial charge in [0.2, 0.25) is 21.1 Å². The van der Waals surface area contributed by atoms with Gasteiger partial charge in [0.25, 0.3) is 0 Å². The van der Waals surface area contributed by atoms with Crippen LogP contribution < -0.4 is 5.32 Å². The van der Waals surface area contributed by atoms with Crippen LogP contribution in [0.15, 0.2) is 45.8 Å². The molecule has 3 rings (SSSR count). The minimum atomic E-state index is -3.61. The van der Waals surface area contributed by atoms with Crippen molar-refractivity contribution in [3.63, 3.8) is 0 Å². The summed E-state index contributed by atoms with van der Waals surface area (Å²) in [6, 6.07) is 8.77. The molecular weight excluding hydrogens is 442 g/mol. The van der Waals surface area contributed by atoms with Crippen LogP contribution in [0.4, 0.5) is 5.69 Å². The van der Waals surface area contributed by atoms with E-state index in [-0.39, 0.29) is 16.6 Å². The van der Waals surface area contributed by atoms with Gasteiger partial charge in [-0.3, -0.25) is 9.89 Å². The molecular formula is C19H23N5O3S3. The lowest BCUT2D eigenvalue weighted by Gasteiger charge is -2.20. The molecule has 2 heterocycles. The van der Waals surface area contributed by atoms with Crippen molar-refractivity contribution >= 4 is 44.7 Å². The number of hydrogen-bond donors (Lipinski definition) is 2. The molecule has 3 aromatic rings. The molecule has 0 aliphatic carbocycles. The summed E-state index contributed by atoms with van der Waals surface area (Å²) in [7, 11) is -3.61. The molecule has 30 heavy (non-hydrogen) atoms. The lowest BCUT2D eigenvalue weighted by atomic mass is 10.2. The zero-order valence-corrected chi connectivity index (χ0v) is 19.3. The van der Waals surface area contributed by atoms with Crippen LogP contribution in [-0.2, 0) is 14.8 Å². The predicted octanol–water partition coefficient (Wildman–Crippen LogP) is 3.60. The van der Waals surface area contributed by atoms with Gasteiger partial charge in [-0.25, -0.2) is 13.4 Å². The lowest BCUT2D eigenvalue weighted by molar-refractivity contribution is -0.113. The fourth-order valence-electron chi connectivity index (χ4n) is 2.82. The summed E-state index contributed by atoms with van der Waals surface area (Å²) in [5.41, 5.74) is 1.07. The van der Waals surface area contributed by atoms with Crippen molar-refractivity contribution in [2.24, 2.45) is 0 Å². The molecule has 0 aliphatic heterocycles. The van der Waals surface area contributed by atoms with E-state index in [1.165, 1.54) is 22.1 Å². The molecule has 1 amide bonds. The minimum absolute atomic E-state index is 0.105. The highest BCUT2D eigenvalue weighted by molar-refractivity contribution is 7.99. The quantitative estimate of drug-likeness (QED) is 0.468. The number of amides is 1. The molecule has 0 saturated heterocycles. The van der Waals surface area contributed by atoms with Crippen LogP contribution in [0, 0.1) is 6.92 Å². The number of rotatable bonds is 9. The normalized spacial score (nSPS) is 11.7. The second kappa shape index (κ2) is 9.73. The third-order valence-corrected chi connectivity index (χ3v) is 8.26. The Kier molecular flexibility index (Phi) is 7.29. The summed E-state index contributed by atoms with van der Waals surface area (Å²) < 4.78 is 27.1. The van der Waals surface area contributed by atoms with E-state index in [0.717, 1.165) is 4.88 Å². The first-order valence-electron chi connectivity index (χ1n) is 9.34. The number of thioether (sulfide) groups is 1. The first-order valence-corrected chi connectivity index (χ1v) is 12.7. The topological polar surface area (TPSA) is 108 Å². The van der Waals surface area contributed by atoms with Gasteiger partial charge < -0.3 is 5.32 Å². The summed E-state index contributed by atoms with van der Waals surface area (Å²) in [6.45, 7) is 6.11. The largest absolute Gasteiger partial charge is 0.325 e. The number of nitrogens with zero attached hydrogens (tertiary/aromatic N) is 3. The van der Waals surface area contributed by atoms with Crippen molar-refractivity contribution in [3.05, 3.63) is 41.3 Å². The zero-order valence-electron chi connectivity index (χ0n) is 16.9. The van der Waals surface area contributed by atoms with Crippen molar-refractivity contribution in [2.45, 2.75) is 30.8 Å². The molecule has 8 nitrogen and oxygen atoms in total. The third kappa shape index (κ3) is 5.09. The number of carbonyl (C=O) groups excluding carboxylic acids is 1. The maximum absolute atomic E-state index is 12.9. The monoisotopic (exact) mass is 465 g/mol. The highest BCUT2D eigenvalue weighted by atomic mass is 32.2. The van der Waals surface area contributed by atoms with Crippen LogP contribution in [-0.4, -0.2) is 52.7 Å². The van der Waals surface area contributed by atoms with Gasteiger partial charge in [-0.05, 0) is 36.1 Å². The number of H-pyrrole nitrogens is 1. The van der Waals surface area contributed by atoms with Crippen LogP contribution in [0.5, 0.6) is 0 Å². The van der Waals surface area contributed by atoms with Gasteiger partial charge in [-0.2, -0.15) is 4.31 Å². The Labute approximate surface area is 184 Å². The van der Waals surface area contributed by atoms with E-state index in [0.29, 0.717) is 35.3 Å². The Morgan fingerprint density at radius 2 is 2.03 bits per heavy atom. The van der Waals surface area contributed by atoms with E-state index in [1.54, 1.807) is 44.2 Å². The first-order chi connectivity index (χ1) is 14.3. The lowest BCUT2D eigenvalue weighted by Crippen LogP contribution is -2.31. The summed E-state index contributed by atoms with van der Waals surface area (Å²) in [5, 5.41) is 12.2. The number of carbonyl (C=O) groups is 1. The van der Waals surface area contributed by atoms with E-state index in [9.17, 15) is 13.2 Å². The van der Waals surface area contributed by atoms with Crippen LogP contribution in [0.25, 0.3) is 10.7 Å². The van der Waals surface area contributed by atoms with E-state index in [4.69, 9.17) is 0 Å². The van der Waals surface area contributed by atoms with E-state index >= 15 is 0 Å². The number of nitrogens with one attached hydrogen (secondary N) is 2. The molecule has 160 valence electrons. The SMILES string of the molecule is CCN(CC)S(=O)(=O)c1cc(NC(=O)CSc2n[nH]c(-c3cccs3)n2)ccc1C. The molecule has 2 N–H and O–H groups in total. The maximum atomic E-state index is 12.9. The Morgan fingerprint density at radius 3 is 2.70 bits per heavy atom. The van der Waals surface area contributed by atoms with Gasteiger partial charge >= 0.3 is 0 Å². The van der Waals surface area contributed by atoms with Crippen molar-refractivity contribution < 1.29 is 13.2 Å². The van der Waals surface area contributed by atoms with E-state index in [1.807, 2.05) is 17.5 Å². The number of sulfonamides is 1. The van der Waals surface area contributed by atoms with Crippen LogP contribution in [0.3, 0.4) is 0 Å². The van der Waals surface area contributed by atoms with Crippen molar-refractivity contribution in [3.8, 4) is 10.7 Å². The molecule has 0 aliphatic rings. The Hall–Kier alpha value is -2.21. The molecule has 0 saturated carbocycles. The number of aromatic nitrogens is 3. The van der Waals surface area contributed by atoms with Crippen molar-refractivity contribution in [2.75, 3.05) is 24.2 Å². The molecule has 2 aromatic heterocycles. The van der Waals surface area contributed by atoms with Crippen molar-refractivity contribution in [1.29, 1.82) is 0 Å². The average Bonchev–Trinajstić information content (AvgIpc) is 3.40. The Morgan fingerprint density at radius 1 is 1.27 bits per heavy atom. The summed E-state index contributed by atoms with van der Waals surface area (Å²) in [5.74, 6) is 0.503. The fraction of sp³-hybridized carbons (Fsp3) is 0.316. The van der Waals surface area contributed by atoms with Gasteiger partial charge in [0.1, 0.15) is 0 Å². The van der Waals surface area contributed by atoms with Crippen LogP contribution in [0.2, 0.25) is 0 Å². The maximum Gasteiger partial charge on any atom is 0.243 e. The third-order valence-electron chi connectivity index (χ3n) is 4.35. The number of hydrogen-bond acceptors (Lipinski definition) is 7. The number of benzene rings is 1. The van der Waals surface area contributed by atoms with Crippen LogP contribution in [0.1, 0.15) is 19.4 Å². The molecule has 0 spiro atoms. The van der Waals surface area contributed by atoms with Crippen molar-refractivity contribution in [1.82, 2.24) is 19.5 Å². The average molecular weight is 466 g/mol. The van der Waals surface area contributed by atoms with Gasteiger partial charge in [0.15, 0.2) is 5.82 Å². The number of anilines is 1. The standard InChI is InChI=1S/C19H23N5O3S3/c1-4-24(5-2)30(26,27)16-11-14(9-8-13(16)3)20-17(25)12-29-19-21-18(22-23-19)15-7-6-10-28-15/h6-11H,4-5,12H2,1-3H3,(H,20,25)(H,21,22,23). The van der Waals surface area contributed by atoms with Gasteiger partial charge in [-0.1, -0.05) is 37.7 Å². The van der Waals surface area contributed by atoms with Gasteiger partial charge in [-0.15, -0.1) is 16.4 Å². The molecule has 11 heteroatoms. The van der Waals surface area contributed by atoms with E-state index in [2.05, 4.69) is 20.5 Å². The van der Waals surface area contributed by atoms with Gasteiger partial charge in [0.05, 0.1) is 15.5 Å². The summed E-state index contributed by atoms with van der Waals surface area (Å²) in [4.78, 5) is 17.9. The molecule has 0 radical (unpaired) electrons. The highest BCUT2D eigenvalue weighted by Crippen LogP contribution is 2.25. The Bertz CT molecular complexity index is 1110. The summed E-state index contributed by atoms with van der Waals surface area (Å²) in [6.07, 6.45) is 0. The molecule has 1 aromatic carbocycles.